The maximum Gasteiger partial charge on any atom is 0.174 e. The van der Waals surface area contributed by atoms with E-state index in [0.717, 1.165) is 37.4 Å². The Balaban J connectivity index is 1.57. The molecule has 7 nitrogen and oxygen atoms in total. The maximum absolute atomic E-state index is 12.9. The lowest BCUT2D eigenvalue weighted by Gasteiger charge is -2.44. The fourth-order valence-corrected chi connectivity index (χ4v) is 3.83. The zero-order chi connectivity index (χ0) is 19.0. The number of benzene rings is 1. The molecule has 0 saturated carbocycles. The van der Waals surface area contributed by atoms with E-state index in [2.05, 4.69) is 15.1 Å². The van der Waals surface area contributed by atoms with E-state index in [4.69, 9.17) is 14.2 Å². The fourth-order valence-electron chi connectivity index (χ4n) is 3.83. The third-order valence-corrected chi connectivity index (χ3v) is 5.37. The zero-order valence-corrected chi connectivity index (χ0v) is 15.8. The summed E-state index contributed by atoms with van der Waals surface area (Å²) in [6.07, 6.45) is 1.84. The molecule has 1 spiro atoms. The molecule has 1 fully saturated rings. The van der Waals surface area contributed by atoms with E-state index in [9.17, 15) is 4.79 Å². The largest absolute Gasteiger partial charge is 0.496 e. The van der Waals surface area contributed by atoms with Gasteiger partial charge in [0, 0.05) is 38.1 Å². The number of piperidine rings is 1. The third-order valence-electron chi connectivity index (χ3n) is 5.37. The van der Waals surface area contributed by atoms with Crippen LogP contribution >= 0.6 is 0 Å². The molecule has 7 heteroatoms. The topological polar surface area (TPSA) is 73.8 Å². The maximum atomic E-state index is 12.9. The van der Waals surface area contributed by atoms with E-state index in [1.165, 1.54) is 0 Å². The second kappa shape index (κ2) is 6.72. The van der Waals surface area contributed by atoms with Crippen LogP contribution in [0.15, 0.2) is 24.3 Å². The molecule has 2 aliphatic heterocycles. The molecule has 142 valence electrons. The number of nitrogens with zero attached hydrogens (tertiary/aromatic N) is 3. The molecule has 0 bridgehead atoms. The fraction of sp³-hybridized carbons (Fsp3) is 0.450. The summed E-state index contributed by atoms with van der Waals surface area (Å²) in [4.78, 5) is 15.1. The number of fused-ring (bicyclic) bond motifs is 1. The number of ether oxygens (including phenoxy) is 3. The van der Waals surface area contributed by atoms with Gasteiger partial charge in [0.25, 0.3) is 0 Å². The number of methoxy groups -OCH3 is 2. The van der Waals surface area contributed by atoms with Crippen LogP contribution in [0.3, 0.4) is 0 Å². The van der Waals surface area contributed by atoms with Gasteiger partial charge in [-0.2, -0.15) is 5.10 Å². The van der Waals surface area contributed by atoms with Gasteiger partial charge in [0.2, 0.25) is 0 Å². The van der Waals surface area contributed by atoms with E-state index < -0.39 is 5.60 Å². The molecule has 3 heterocycles. The molecule has 0 atom stereocenters. The number of anilines is 1. The summed E-state index contributed by atoms with van der Waals surface area (Å²) in [5.74, 6) is 2.58. The molecule has 4 rings (SSSR count). The molecule has 1 aromatic heterocycles. The van der Waals surface area contributed by atoms with Crippen LogP contribution in [-0.4, -0.2) is 48.9 Å². The Morgan fingerprint density at radius 3 is 2.52 bits per heavy atom. The SMILES string of the molecule is COc1cc(OC)c2c(c1)OC1(CCN(c3ccc(C)nn3)CC1)CC2=O. The van der Waals surface area contributed by atoms with Gasteiger partial charge in [-0.3, -0.25) is 4.79 Å². The van der Waals surface area contributed by atoms with Gasteiger partial charge < -0.3 is 19.1 Å². The Morgan fingerprint density at radius 1 is 1.11 bits per heavy atom. The lowest BCUT2D eigenvalue weighted by atomic mass is 9.82. The summed E-state index contributed by atoms with van der Waals surface area (Å²) in [6, 6.07) is 7.44. The highest BCUT2D eigenvalue weighted by atomic mass is 16.5. The minimum Gasteiger partial charge on any atom is -0.496 e. The minimum absolute atomic E-state index is 0.0549. The van der Waals surface area contributed by atoms with Gasteiger partial charge in [0.15, 0.2) is 11.6 Å². The molecule has 0 N–H and O–H groups in total. The first-order chi connectivity index (χ1) is 13.0. The normalized spacial score (nSPS) is 18.0. The van der Waals surface area contributed by atoms with Crippen LogP contribution in [0.2, 0.25) is 0 Å². The average Bonchev–Trinajstić information content (AvgIpc) is 2.68. The van der Waals surface area contributed by atoms with Crippen molar-refractivity contribution in [1.82, 2.24) is 10.2 Å². The monoisotopic (exact) mass is 369 g/mol. The van der Waals surface area contributed by atoms with Crippen molar-refractivity contribution in [3.8, 4) is 17.2 Å². The summed E-state index contributed by atoms with van der Waals surface area (Å²) in [7, 11) is 3.14. The van der Waals surface area contributed by atoms with Crippen molar-refractivity contribution in [2.75, 3.05) is 32.2 Å². The van der Waals surface area contributed by atoms with Crippen LogP contribution in [0, 0.1) is 6.92 Å². The molecule has 1 saturated heterocycles. The van der Waals surface area contributed by atoms with Crippen LogP contribution in [0.4, 0.5) is 5.82 Å². The zero-order valence-electron chi connectivity index (χ0n) is 15.8. The molecular formula is C20H23N3O4. The molecule has 27 heavy (non-hydrogen) atoms. The standard InChI is InChI=1S/C20H23N3O4/c1-13-4-5-18(22-21-13)23-8-6-20(7-9-23)12-15(24)19-16(26-3)10-14(25-2)11-17(19)27-20/h4-5,10-11H,6-9,12H2,1-3H3. The Kier molecular flexibility index (Phi) is 4.37. The lowest BCUT2D eigenvalue weighted by molar-refractivity contribution is 0.0224. The average molecular weight is 369 g/mol. The van der Waals surface area contributed by atoms with Crippen molar-refractivity contribution in [3.63, 3.8) is 0 Å². The Bertz CT molecular complexity index is 858. The summed E-state index contributed by atoms with van der Waals surface area (Å²) in [5, 5.41) is 8.40. The summed E-state index contributed by atoms with van der Waals surface area (Å²) in [6.45, 7) is 3.45. The molecule has 0 unspecified atom stereocenters. The van der Waals surface area contributed by atoms with E-state index >= 15 is 0 Å². The quantitative estimate of drug-likeness (QED) is 0.823. The third kappa shape index (κ3) is 3.18. The number of aryl methyl sites for hydroxylation is 1. The van der Waals surface area contributed by atoms with E-state index in [1.807, 2.05) is 19.1 Å². The predicted molar refractivity (Wildman–Crippen MR) is 100 cm³/mol. The summed E-state index contributed by atoms with van der Waals surface area (Å²) in [5.41, 5.74) is 0.916. The molecule has 2 aliphatic rings. The summed E-state index contributed by atoms with van der Waals surface area (Å²) < 4.78 is 17.1. The highest BCUT2D eigenvalue weighted by molar-refractivity contribution is 6.03. The first-order valence-electron chi connectivity index (χ1n) is 9.07. The number of aromatic nitrogens is 2. The van der Waals surface area contributed by atoms with Gasteiger partial charge in [0.1, 0.15) is 28.4 Å². The second-order valence-electron chi connectivity index (χ2n) is 7.11. The number of carbonyl (C=O) groups is 1. The highest BCUT2D eigenvalue weighted by Crippen LogP contribution is 2.44. The number of rotatable bonds is 3. The van der Waals surface area contributed by atoms with Crippen molar-refractivity contribution in [3.05, 3.63) is 35.5 Å². The van der Waals surface area contributed by atoms with E-state index in [-0.39, 0.29) is 5.78 Å². The number of hydrogen-bond donors (Lipinski definition) is 0. The smallest absolute Gasteiger partial charge is 0.174 e. The predicted octanol–water partition coefficient (Wildman–Crippen LogP) is 2.81. The molecule has 0 radical (unpaired) electrons. The summed E-state index contributed by atoms with van der Waals surface area (Å²) >= 11 is 0. The van der Waals surface area contributed by atoms with Crippen LogP contribution in [0.5, 0.6) is 17.2 Å². The van der Waals surface area contributed by atoms with Gasteiger partial charge in [0.05, 0.1) is 26.3 Å². The molecule has 0 amide bonds. The Hall–Kier alpha value is -2.83. The number of carbonyl (C=O) groups excluding carboxylic acids is 1. The van der Waals surface area contributed by atoms with Gasteiger partial charge >= 0.3 is 0 Å². The Morgan fingerprint density at radius 2 is 1.89 bits per heavy atom. The Labute approximate surface area is 158 Å². The van der Waals surface area contributed by atoms with E-state index in [1.54, 1.807) is 26.4 Å². The van der Waals surface area contributed by atoms with Crippen LogP contribution in [-0.2, 0) is 0 Å². The lowest BCUT2D eigenvalue weighted by Crippen LogP contribution is -2.51. The van der Waals surface area contributed by atoms with Crippen LogP contribution in [0.1, 0.15) is 35.3 Å². The van der Waals surface area contributed by atoms with Crippen molar-refractivity contribution in [2.24, 2.45) is 0 Å². The van der Waals surface area contributed by atoms with E-state index in [0.29, 0.717) is 29.2 Å². The minimum atomic E-state index is -0.490. The van der Waals surface area contributed by atoms with Gasteiger partial charge in [-0.05, 0) is 19.1 Å². The van der Waals surface area contributed by atoms with Gasteiger partial charge in [-0.1, -0.05) is 0 Å². The van der Waals surface area contributed by atoms with Crippen LogP contribution in [0.25, 0.3) is 0 Å². The molecular weight excluding hydrogens is 346 g/mol. The molecule has 1 aromatic carbocycles. The molecule has 0 aliphatic carbocycles. The van der Waals surface area contributed by atoms with Crippen LogP contribution < -0.4 is 19.1 Å². The second-order valence-corrected chi connectivity index (χ2v) is 7.11. The van der Waals surface area contributed by atoms with Crippen molar-refractivity contribution in [2.45, 2.75) is 31.8 Å². The highest BCUT2D eigenvalue weighted by Gasteiger charge is 2.44. The van der Waals surface area contributed by atoms with Gasteiger partial charge in [-0.25, -0.2) is 0 Å². The number of Topliss-reactive ketones (excluding diaryl/α,β-unsaturated/α-hetero) is 1. The number of ketones is 1. The number of hydrogen-bond acceptors (Lipinski definition) is 7. The first-order valence-corrected chi connectivity index (χ1v) is 9.07. The van der Waals surface area contributed by atoms with Gasteiger partial charge in [-0.15, -0.1) is 5.10 Å². The first kappa shape index (κ1) is 17.6. The van der Waals surface area contributed by atoms with Crippen molar-refractivity contribution >= 4 is 11.6 Å². The van der Waals surface area contributed by atoms with Crippen molar-refractivity contribution in [1.29, 1.82) is 0 Å². The molecule has 2 aromatic rings. The van der Waals surface area contributed by atoms with Crippen molar-refractivity contribution < 1.29 is 19.0 Å².